The fourth-order valence-corrected chi connectivity index (χ4v) is 5.73. The maximum atomic E-state index is 13.5. The van der Waals surface area contributed by atoms with Crippen molar-refractivity contribution in [2.24, 2.45) is 5.92 Å². The molecule has 4 heteroatoms. The third kappa shape index (κ3) is 4.72. The number of halogens is 1. The van der Waals surface area contributed by atoms with E-state index in [1.807, 2.05) is 68.4 Å². The maximum Gasteiger partial charge on any atom is 0.166 e. The number of nitrogens with one attached hydrogen (secondary N) is 1. The summed E-state index contributed by atoms with van der Waals surface area (Å²) in [5.74, 6) is 0.342. The molecule has 3 aromatic rings. The third-order valence-electron chi connectivity index (χ3n) is 8.08. The van der Waals surface area contributed by atoms with Gasteiger partial charge in [0.15, 0.2) is 11.6 Å². The molecule has 0 amide bonds. The number of hydrogen-bond acceptors (Lipinski definition) is 3. The van der Waals surface area contributed by atoms with Gasteiger partial charge in [0.2, 0.25) is 0 Å². The van der Waals surface area contributed by atoms with Crippen molar-refractivity contribution in [2.45, 2.75) is 64.5 Å². The van der Waals surface area contributed by atoms with Gasteiger partial charge in [0.05, 0.1) is 0 Å². The summed E-state index contributed by atoms with van der Waals surface area (Å²) in [5.41, 5.74) is 5.24. The fraction of sp³-hybridized carbons (Fsp3) is 0.355. The van der Waals surface area contributed by atoms with Crippen molar-refractivity contribution in [3.05, 3.63) is 93.5 Å². The van der Waals surface area contributed by atoms with Gasteiger partial charge < -0.3 is 5.32 Å². The van der Waals surface area contributed by atoms with E-state index in [0.717, 1.165) is 57.3 Å². The van der Waals surface area contributed by atoms with Gasteiger partial charge in [-0.2, -0.15) is 0 Å². The lowest BCUT2D eigenvalue weighted by molar-refractivity contribution is -0.116. The van der Waals surface area contributed by atoms with Crippen molar-refractivity contribution in [3.63, 3.8) is 0 Å². The number of ketones is 2. The number of benzene rings is 3. The van der Waals surface area contributed by atoms with Crippen molar-refractivity contribution < 1.29 is 9.59 Å². The molecule has 4 unspecified atom stereocenters. The number of rotatable bonds is 7. The van der Waals surface area contributed by atoms with Gasteiger partial charge in [0, 0.05) is 35.0 Å². The molecule has 3 aromatic carbocycles. The molecule has 1 aliphatic carbocycles. The highest BCUT2D eigenvalue weighted by Crippen LogP contribution is 2.41. The summed E-state index contributed by atoms with van der Waals surface area (Å²) >= 11 is 6.63. The van der Waals surface area contributed by atoms with Gasteiger partial charge in [0.25, 0.3) is 0 Å². The minimum absolute atomic E-state index is 0.0515. The molecule has 0 saturated carbocycles. The SMILES string of the molecule is CC1=C(CC2NC2c2cc(C(C)C(C)C(=O)c3cccc4ccccc34)ccc2Cl)CCCC1=O. The molecule has 1 fully saturated rings. The van der Waals surface area contributed by atoms with Crippen molar-refractivity contribution >= 4 is 33.9 Å². The first kappa shape index (κ1) is 24.0. The van der Waals surface area contributed by atoms with Gasteiger partial charge in [-0.05, 0) is 65.6 Å². The van der Waals surface area contributed by atoms with Crippen LogP contribution in [0.25, 0.3) is 10.8 Å². The van der Waals surface area contributed by atoms with Gasteiger partial charge in [-0.1, -0.05) is 85.6 Å². The Bertz CT molecular complexity index is 1340. The van der Waals surface area contributed by atoms with Gasteiger partial charge >= 0.3 is 0 Å². The van der Waals surface area contributed by atoms with Crippen LogP contribution in [0.5, 0.6) is 0 Å². The van der Waals surface area contributed by atoms with Crippen LogP contribution in [0.3, 0.4) is 0 Å². The van der Waals surface area contributed by atoms with Gasteiger partial charge in [-0.3, -0.25) is 9.59 Å². The lowest BCUT2D eigenvalue weighted by atomic mass is 9.82. The molecule has 0 radical (unpaired) electrons. The number of carbonyl (C=O) groups is 2. The second-order valence-corrected chi connectivity index (χ2v) is 10.6. The Morgan fingerprint density at radius 1 is 1.06 bits per heavy atom. The molecule has 1 aliphatic heterocycles. The molecular formula is C31H32ClNO2. The molecule has 0 bridgehead atoms. The lowest BCUT2D eigenvalue weighted by Crippen LogP contribution is -2.18. The van der Waals surface area contributed by atoms with Crippen LogP contribution in [0.1, 0.15) is 79.9 Å². The molecular weight excluding hydrogens is 454 g/mol. The van der Waals surface area contributed by atoms with Crippen LogP contribution < -0.4 is 5.32 Å². The van der Waals surface area contributed by atoms with Crippen molar-refractivity contribution in [2.75, 3.05) is 0 Å². The zero-order valence-electron chi connectivity index (χ0n) is 20.6. The van der Waals surface area contributed by atoms with Crippen molar-refractivity contribution in [1.29, 1.82) is 0 Å². The minimum atomic E-state index is -0.168. The molecule has 35 heavy (non-hydrogen) atoms. The zero-order chi connectivity index (χ0) is 24.7. The molecule has 180 valence electrons. The van der Waals surface area contributed by atoms with Gasteiger partial charge in [-0.25, -0.2) is 0 Å². The van der Waals surface area contributed by atoms with Crippen LogP contribution >= 0.6 is 11.6 Å². The topological polar surface area (TPSA) is 56.1 Å². The van der Waals surface area contributed by atoms with E-state index >= 15 is 0 Å². The van der Waals surface area contributed by atoms with Crippen LogP contribution in [-0.2, 0) is 4.79 Å². The Balaban J connectivity index is 1.34. The largest absolute Gasteiger partial charge is 0.304 e. The average Bonchev–Trinajstić information content (AvgIpc) is 3.64. The molecule has 4 atom stereocenters. The number of hydrogen-bond donors (Lipinski definition) is 1. The quantitative estimate of drug-likeness (QED) is 0.277. The first-order chi connectivity index (χ1) is 16.8. The fourth-order valence-electron chi connectivity index (χ4n) is 5.50. The second-order valence-electron chi connectivity index (χ2n) is 10.2. The van der Waals surface area contributed by atoms with Crippen LogP contribution in [0, 0.1) is 5.92 Å². The Morgan fingerprint density at radius 3 is 2.66 bits per heavy atom. The van der Waals surface area contributed by atoms with Gasteiger partial charge in [-0.15, -0.1) is 0 Å². The van der Waals surface area contributed by atoms with Crippen LogP contribution in [0.2, 0.25) is 5.02 Å². The molecule has 1 N–H and O–H groups in total. The minimum Gasteiger partial charge on any atom is -0.304 e. The van der Waals surface area contributed by atoms with Crippen LogP contribution in [0.4, 0.5) is 0 Å². The van der Waals surface area contributed by atoms with Crippen molar-refractivity contribution in [1.82, 2.24) is 5.32 Å². The number of allylic oxidation sites excluding steroid dienone is 1. The zero-order valence-corrected chi connectivity index (χ0v) is 21.4. The van der Waals surface area contributed by atoms with Gasteiger partial charge in [0.1, 0.15) is 0 Å². The summed E-state index contributed by atoms with van der Waals surface area (Å²) in [7, 11) is 0. The summed E-state index contributed by atoms with van der Waals surface area (Å²) < 4.78 is 0. The van der Waals surface area contributed by atoms with E-state index in [1.54, 1.807) is 0 Å². The summed E-state index contributed by atoms with van der Waals surface area (Å²) in [4.78, 5) is 25.6. The molecule has 0 spiro atoms. The highest BCUT2D eigenvalue weighted by atomic mass is 35.5. The predicted molar refractivity (Wildman–Crippen MR) is 143 cm³/mol. The van der Waals surface area contributed by atoms with Crippen LogP contribution in [0.15, 0.2) is 71.8 Å². The van der Waals surface area contributed by atoms with Crippen LogP contribution in [-0.4, -0.2) is 17.6 Å². The average molecular weight is 486 g/mol. The Morgan fingerprint density at radius 2 is 1.83 bits per heavy atom. The Labute approximate surface area is 212 Å². The van der Waals surface area contributed by atoms with E-state index in [2.05, 4.69) is 18.3 Å². The first-order valence-corrected chi connectivity index (χ1v) is 13.0. The third-order valence-corrected chi connectivity index (χ3v) is 8.43. The lowest BCUT2D eigenvalue weighted by Gasteiger charge is -2.21. The monoisotopic (exact) mass is 485 g/mol. The van der Waals surface area contributed by atoms with E-state index in [-0.39, 0.29) is 23.7 Å². The second kappa shape index (κ2) is 9.72. The highest BCUT2D eigenvalue weighted by molar-refractivity contribution is 6.31. The summed E-state index contributed by atoms with van der Waals surface area (Å²) in [6.07, 6.45) is 3.55. The summed E-state index contributed by atoms with van der Waals surface area (Å²) in [6.45, 7) is 6.12. The first-order valence-electron chi connectivity index (χ1n) is 12.6. The highest BCUT2D eigenvalue weighted by Gasteiger charge is 2.40. The molecule has 1 heterocycles. The molecule has 0 aromatic heterocycles. The van der Waals surface area contributed by atoms with E-state index in [1.165, 1.54) is 5.57 Å². The van der Waals surface area contributed by atoms with E-state index in [4.69, 9.17) is 11.6 Å². The summed E-state index contributed by atoms with van der Waals surface area (Å²) in [6, 6.07) is 20.7. The maximum absolute atomic E-state index is 13.5. The number of Topliss-reactive ketones (excluding diaryl/α,β-unsaturated/α-hetero) is 2. The summed E-state index contributed by atoms with van der Waals surface area (Å²) in [5, 5.41) is 6.42. The Kier molecular flexibility index (Phi) is 6.65. The number of fused-ring (bicyclic) bond motifs is 1. The predicted octanol–water partition coefficient (Wildman–Crippen LogP) is 7.59. The Hall–Kier alpha value is -2.75. The molecule has 2 aliphatic rings. The van der Waals surface area contributed by atoms with E-state index < -0.39 is 0 Å². The smallest absolute Gasteiger partial charge is 0.166 e. The van der Waals surface area contributed by atoms with Crippen molar-refractivity contribution in [3.8, 4) is 0 Å². The van der Waals surface area contributed by atoms with E-state index in [0.29, 0.717) is 18.2 Å². The van der Waals surface area contributed by atoms with E-state index in [9.17, 15) is 9.59 Å². The standard InChI is InChI=1S/C31H32ClNO2/c1-18(19(2)31(35)25-12-6-9-21-8-4-5-11-24(21)25)23-14-15-27(32)26(16-23)30-28(33-30)17-22-10-7-13-29(34)20(22)3/h4-6,8-9,11-12,14-16,18-19,28,30,33H,7,10,13,17H2,1-3H3. The molecule has 3 nitrogen and oxygen atoms in total. The normalized spacial score (nSPS) is 21.8. The number of carbonyl (C=O) groups excluding carboxylic acids is 2. The molecule has 5 rings (SSSR count). The molecule has 1 saturated heterocycles.